The highest BCUT2D eigenvalue weighted by molar-refractivity contribution is 7.14. The molecule has 0 radical (unpaired) electrons. The Kier molecular flexibility index (Phi) is 8.04. The van der Waals surface area contributed by atoms with Gasteiger partial charge in [-0.3, -0.25) is 14.6 Å². The normalized spacial score (nSPS) is 11.8. The van der Waals surface area contributed by atoms with Crippen LogP contribution < -0.4 is 16.4 Å². The predicted molar refractivity (Wildman–Crippen MR) is 145 cm³/mol. The van der Waals surface area contributed by atoms with Gasteiger partial charge in [-0.05, 0) is 80.7 Å². The van der Waals surface area contributed by atoms with Gasteiger partial charge in [0.25, 0.3) is 5.91 Å². The fourth-order valence-electron chi connectivity index (χ4n) is 3.59. The first kappa shape index (κ1) is 25.0. The van der Waals surface area contributed by atoms with Crippen LogP contribution in [-0.2, 0) is 4.79 Å². The van der Waals surface area contributed by atoms with E-state index in [0.717, 1.165) is 22.4 Å². The van der Waals surface area contributed by atoms with Crippen molar-refractivity contribution in [3.05, 3.63) is 84.0 Å². The highest BCUT2D eigenvalue weighted by atomic mass is 32.1. The molecule has 2 aromatic heterocycles. The Morgan fingerprint density at radius 3 is 2.44 bits per heavy atom. The number of carbonyl (C=O) groups excluding carboxylic acids is 2. The maximum absolute atomic E-state index is 13.1. The van der Waals surface area contributed by atoms with Crippen LogP contribution in [0, 0.1) is 0 Å². The molecule has 0 aliphatic carbocycles. The fourth-order valence-corrected chi connectivity index (χ4v) is 4.31. The minimum absolute atomic E-state index is 0.313. The number of carbonyl (C=O) groups is 2. The topological polar surface area (TPSA) is 113 Å². The quantitative estimate of drug-likeness (QED) is 0.298. The lowest BCUT2D eigenvalue weighted by molar-refractivity contribution is -0.118. The maximum Gasteiger partial charge on any atom is 0.251 e. The number of pyridine rings is 1. The van der Waals surface area contributed by atoms with E-state index in [-0.39, 0.29) is 11.8 Å². The monoisotopic (exact) mass is 500 g/mol. The van der Waals surface area contributed by atoms with Gasteiger partial charge < -0.3 is 21.3 Å². The first-order chi connectivity index (χ1) is 17.4. The first-order valence-electron chi connectivity index (χ1n) is 11.5. The first-order valence-corrected chi connectivity index (χ1v) is 12.4. The zero-order chi connectivity index (χ0) is 25.5. The van der Waals surface area contributed by atoms with E-state index in [1.165, 1.54) is 11.3 Å². The van der Waals surface area contributed by atoms with E-state index >= 15 is 0 Å². The summed E-state index contributed by atoms with van der Waals surface area (Å²) in [5.41, 5.74) is 10.6. The van der Waals surface area contributed by atoms with E-state index in [1.807, 2.05) is 54.7 Å². The summed E-state index contributed by atoms with van der Waals surface area (Å²) in [6, 6.07) is 17.8. The Hall–Kier alpha value is -4.08. The molecule has 0 saturated heterocycles. The van der Waals surface area contributed by atoms with Gasteiger partial charge in [-0.1, -0.05) is 18.2 Å². The molecule has 4 N–H and O–H groups in total. The average Bonchev–Trinajstić information content (AvgIpc) is 3.35. The number of nitrogens with one attached hydrogen (secondary N) is 2. The van der Waals surface area contributed by atoms with Crippen molar-refractivity contribution in [2.45, 2.75) is 12.5 Å². The summed E-state index contributed by atoms with van der Waals surface area (Å²) in [7, 11) is 3.84. The summed E-state index contributed by atoms with van der Waals surface area (Å²) in [6.07, 6.45) is 3.97. The molecule has 8 nitrogen and oxygen atoms in total. The van der Waals surface area contributed by atoms with Crippen molar-refractivity contribution in [2.24, 2.45) is 0 Å². The van der Waals surface area contributed by atoms with Gasteiger partial charge >= 0.3 is 0 Å². The highest BCUT2D eigenvalue weighted by Gasteiger charge is 2.23. The smallest absolute Gasteiger partial charge is 0.251 e. The third kappa shape index (κ3) is 6.53. The number of thiazole rings is 1. The van der Waals surface area contributed by atoms with Crippen molar-refractivity contribution in [3.63, 3.8) is 0 Å². The van der Waals surface area contributed by atoms with Crippen molar-refractivity contribution >= 4 is 34.0 Å². The second kappa shape index (κ2) is 11.6. The zero-order valence-electron chi connectivity index (χ0n) is 20.1. The number of nitrogen functional groups attached to an aromatic ring is 1. The highest BCUT2D eigenvalue weighted by Crippen LogP contribution is 2.28. The molecule has 0 aliphatic heterocycles. The van der Waals surface area contributed by atoms with E-state index in [9.17, 15) is 9.59 Å². The summed E-state index contributed by atoms with van der Waals surface area (Å²) in [5, 5.41) is 8.10. The minimum atomic E-state index is -0.722. The number of nitrogens with two attached hydrogens (primary N) is 1. The zero-order valence-corrected chi connectivity index (χ0v) is 21.0. The van der Waals surface area contributed by atoms with Gasteiger partial charge in [0.1, 0.15) is 6.04 Å². The molecule has 0 aliphatic rings. The molecule has 0 fully saturated rings. The van der Waals surface area contributed by atoms with Crippen LogP contribution in [0.5, 0.6) is 0 Å². The molecule has 36 heavy (non-hydrogen) atoms. The number of hydrogen-bond donors (Lipinski definition) is 3. The van der Waals surface area contributed by atoms with Crippen LogP contribution in [0.1, 0.15) is 16.8 Å². The Morgan fingerprint density at radius 2 is 1.72 bits per heavy atom. The van der Waals surface area contributed by atoms with Crippen LogP contribution in [-0.4, -0.2) is 53.4 Å². The van der Waals surface area contributed by atoms with Crippen molar-refractivity contribution in [2.75, 3.05) is 31.7 Å². The Balaban J connectivity index is 1.47. The van der Waals surface area contributed by atoms with Gasteiger partial charge in [0.2, 0.25) is 5.91 Å². The molecule has 4 aromatic rings. The lowest BCUT2D eigenvalue weighted by Gasteiger charge is -2.20. The molecule has 1 atom stereocenters. The van der Waals surface area contributed by atoms with E-state index in [4.69, 9.17) is 5.73 Å². The van der Waals surface area contributed by atoms with Crippen LogP contribution >= 0.6 is 11.3 Å². The van der Waals surface area contributed by atoms with Crippen molar-refractivity contribution < 1.29 is 9.59 Å². The molecule has 0 saturated carbocycles. The number of amides is 2. The van der Waals surface area contributed by atoms with E-state index in [1.54, 1.807) is 36.7 Å². The van der Waals surface area contributed by atoms with Crippen LogP contribution in [0.4, 0.5) is 10.8 Å². The molecular formula is C27H28N6O2S. The van der Waals surface area contributed by atoms with E-state index in [0.29, 0.717) is 29.3 Å². The van der Waals surface area contributed by atoms with Gasteiger partial charge in [0.05, 0.1) is 5.69 Å². The predicted octanol–water partition coefficient (Wildman–Crippen LogP) is 4.14. The average molecular weight is 501 g/mol. The fraction of sp³-hybridized carbons (Fsp3) is 0.185. The largest absolute Gasteiger partial charge is 0.399 e. The summed E-state index contributed by atoms with van der Waals surface area (Å²) >= 11 is 1.34. The number of nitrogens with zero attached hydrogens (tertiary/aromatic N) is 3. The number of rotatable bonds is 9. The molecule has 2 heterocycles. The number of hydrogen-bond acceptors (Lipinski definition) is 7. The minimum Gasteiger partial charge on any atom is -0.399 e. The summed E-state index contributed by atoms with van der Waals surface area (Å²) in [4.78, 5) is 36.5. The maximum atomic E-state index is 13.1. The van der Waals surface area contributed by atoms with Gasteiger partial charge in [-0.2, -0.15) is 0 Å². The molecule has 2 aromatic carbocycles. The summed E-state index contributed by atoms with van der Waals surface area (Å²) < 4.78 is 0. The van der Waals surface area contributed by atoms with Crippen molar-refractivity contribution in [3.8, 4) is 22.4 Å². The summed E-state index contributed by atoms with van der Waals surface area (Å²) in [6.45, 7) is 0.630. The Morgan fingerprint density at radius 1 is 1.00 bits per heavy atom. The Bertz CT molecular complexity index is 1320. The second-order valence-electron chi connectivity index (χ2n) is 8.58. The molecule has 0 spiro atoms. The molecule has 0 bridgehead atoms. The van der Waals surface area contributed by atoms with Crippen LogP contribution in [0.25, 0.3) is 22.4 Å². The van der Waals surface area contributed by atoms with Crippen molar-refractivity contribution in [1.82, 2.24) is 20.2 Å². The van der Waals surface area contributed by atoms with Gasteiger partial charge in [-0.25, -0.2) is 4.98 Å². The number of benzene rings is 2. The standard InChI is InChI=1S/C27H28N6O2S/c1-33(2)15-12-23(30-25(34)19-6-8-22(28)9-7-19)26(35)32-27-31-24(17-36-27)21-5-3-4-20(16-21)18-10-13-29-14-11-18/h3-11,13-14,16-17,23H,12,15,28H2,1-2H3,(H,30,34)(H,31,32,35)/t23-/m0/s1. The molecule has 9 heteroatoms. The molecule has 0 unspecified atom stereocenters. The molecule has 2 amide bonds. The second-order valence-corrected chi connectivity index (χ2v) is 9.44. The van der Waals surface area contributed by atoms with Crippen molar-refractivity contribution in [1.29, 1.82) is 0 Å². The molecule has 4 rings (SSSR count). The van der Waals surface area contributed by atoms with E-state index in [2.05, 4.69) is 26.7 Å². The number of anilines is 2. The lowest BCUT2D eigenvalue weighted by Crippen LogP contribution is -2.45. The van der Waals surface area contributed by atoms with Crippen LogP contribution in [0.2, 0.25) is 0 Å². The van der Waals surface area contributed by atoms with Gasteiger partial charge in [-0.15, -0.1) is 11.3 Å². The molecule has 184 valence electrons. The van der Waals surface area contributed by atoms with Crippen LogP contribution in [0.3, 0.4) is 0 Å². The SMILES string of the molecule is CN(C)CC[C@H](NC(=O)c1ccc(N)cc1)C(=O)Nc1nc(-c2cccc(-c3ccncc3)c2)cs1. The Labute approximate surface area is 214 Å². The summed E-state index contributed by atoms with van der Waals surface area (Å²) in [5.74, 6) is -0.645. The third-order valence-electron chi connectivity index (χ3n) is 5.57. The van der Waals surface area contributed by atoms with E-state index < -0.39 is 6.04 Å². The third-order valence-corrected chi connectivity index (χ3v) is 6.32. The van der Waals surface area contributed by atoms with Crippen LogP contribution in [0.15, 0.2) is 78.4 Å². The lowest BCUT2D eigenvalue weighted by atomic mass is 10.0. The molecular weight excluding hydrogens is 472 g/mol. The number of aromatic nitrogens is 2. The van der Waals surface area contributed by atoms with Gasteiger partial charge in [0.15, 0.2) is 5.13 Å². The van der Waals surface area contributed by atoms with Gasteiger partial charge in [0, 0.05) is 34.6 Å².